The van der Waals surface area contributed by atoms with E-state index in [9.17, 15) is 9.59 Å². The Kier molecular flexibility index (Phi) is 3.96. The van der Waals surface area contributed by atoms with Crippen LogP contribution in [0.3, 0.4) is 0 Å². The predicted octanol–water partition coefficient (Wildman–Crippen LogP) is 5.14. The summed E-state index contributed by atoms with van der Waals surface area (Å²) in [7, 11) is 0. The highest BCUT2D eigenvalue weighted by Crippen LogP contribution is 2.34. The first-order valence-corrected chi connectivity index (χ1v) is 9.22. The van der Waals surface area contributed by atoms with Crippen molar-refractivity contribution in [2.75, 3.05) is 0 Å². The van der Waals surface area contributed by atoms with Crippen molar-refractivity contribution in [3.63, 3.8) is 0 Å². The number of thiophene rings is 1. The average molecular weight is 351 g/mol. The van der Waals surface area contributed by atoms with Crippen molar-refractivity contribution in [3.8, 4) is 0 Å². The number of hydrogen-bond acceptors (Lipinski definition) is 4. The van der Waals surface area contributed by atoms with Crippen molar-refractivity contribution in [1.82, 2.24) is 4.90 Å². The first-order chi connectivity index (χ1) is 11.7. The average Bonchev–Trinajstić information content (AvgIpc) is 3.19. The van der Waals surface area contributed by atoms with E-state index >= 15 is 0 Å². The molecule has 1 fully saturated rings. The third-order valence-electron chi connectivity index (χ3n) is 3.92. The molecule has 24 heavy (non-hydrogen) atoms. The minimum atomic E-state index is -0.218. The largest absolute Gasteiger partial charge is 0.293 e. The number of benzene rings is 2. The van der Waals surface area contributed by atoms with Gasteiger partial charge in [0.2, 0.25) is 0 Å². The lowest BCUT2D eigenvalue weighted by Crippen LogP contribution is -2.27. The molecule has 2 heterocycles. The normalized spacial score (nSPS) is 16.5. The van der Waals surface area contributed by atoms with Gasteiger partial charge >= 0.3 is 0 Å². The maximum absolute atomic E-state index is 12.6. The molecular formula is C19H13NO2S2. The number of thioether (sulfide) groups is 1. The second-order valence-corrected chi connectivity index (χ2v) is 7.24. The number of nitrogens with zero attached hydrogens (tertiary/aromatic N) is 1. The molecule has 1 saturated heterocycles. The van der Waals surface area contributed by atoms with Crippen LogP contribution in [0.4, 0.5) is 4.79 Å². The van der Waals surface area contributed by atoms with E-state index in [2.05, 4.69) is 0 Å². The molecule has 118 valence electrons. The summed E-state index contributed by atoms with van der Waals surface area (Å²) in [6, 6.07) is 15.9. The van der Waals surface area contributed by atoms with E-state index in [0.29, 0.717) is 11.4 Å². The lowest BCUT2D eigenvalue weighted by atomic mass is 10.0. The fourth-order valence-electron chi connectivity index (χ4n) is 2.75. The third kappa shape index (κ3) is 2.77. The van der Waals surface area contributed by atoms with Gasteiger partial charge in [0.15, 0.2) is 0 Å². The lowest BCUT2D eigenvalue weighted by Gasteiger charge is -2.14. The van der Waals surface area contributed by atoms with E-state index in [1.807, 2.05) is 59.3 Å². The van der Waals surface area contributed by atoms with Gasteiger partial charge in [0.1, 0.15) is 0 Å². The Balaban J connectivity index is 1.65. The smallest absolute Gasteiger partial charge is 0.268 e. The molecule has 5 heteroatoms. The number of imide groups is 1. The van der Waals surface area contributed by atoms with Crippen molar-refractivity contribution < 1.29 is 9.59 Å². The summed E-state index contributed by atoms with van der Waals surface area (Å²) >= 11 is 2.57. The first kappa shape index (κ1) is 15.2. The summed E-state index contributed by atoms with van der Waals surface area (Å²) in [6.07, 6.45) is 1.78. The number of rotatable bonds is 3. The molecule has 2 aromatic carbocycles. The molecule has 1 aromatic heterocycles. The van der Waals surface area contributed by atoms with Crippen molar-refractivity contribution in [3.05, 3.63) is 75.3 Å². The Morgan fingerprint density at radius 1 is 1.00 bits per heavy atom. The molecule has 4 rings (SSSR count). The van der Waals surface area contributed by atoms with Crippen LogP contribution in [0.15, 0.2) is 64.2 Å². The number of amides is 2. The third-order valence-corrected chi connectivity index (χ3v) is 5.53. The maximum Gasteiger partial charge on any atom is 0.293 e. The summed E-state index contributed by atoms with van der Waals surface area (Å²) in [5.41, 5.74) is 1.93. The van der Waals surface area contributed by atoms with Crippen LogP contribution >= 0.6 is 23.1 Å². The molecule has 0 N–H and O–H groups in total. The molecule has 0 radical (unpaired) electrons. The van der Waals surface area contributed by atoms with Gasteiger partial charge in [0.25, 0.3) is 11.1 Å². The number of hydrogen-bond donors (Lipinski definition) is 0. The van der Waals surface area contributed by atoms with Gasteiger partial charge in [0, 0.05) is 0 Å². The van der Waals surface area contributed by atoms with Gasteiger partial charge in [-0.1, -0.05) is 42.5 Å². The Bertz CT molecular complexity index is 955. The number of carbonyl (C=O) groups is 2. The summed E-state index contributed by atoms with van der Waals surface area (Å²) in [5.74, 6) is -0.218. The number of fused-ring (bicyclic) bond motifs is 1. The van der Waals surface area contributed by atoms with Gasteiger partial charge in [-0.2, -0.15) is 11.3 Å². The molecule has 0 unspecified atom stereocenters. The van der Waals surface area contributed by atoms with Crippen LogP contribution in [0, 0.1) is 0 Å². The molecule has 0 atom stereocenters. The van der Waals surface area contributed by atoms with E-state index in [0.717, 1.165) is 33.7 Å². The van der Waals surface area contributed by atoms with E-state index < -0.39 is 0 Å². The van der Waals surface area contributed by atoms with Gasteiger partial charge in [-0.15, -0.1) is 0 Å². The van der Waals surface area contributed by atoms with Crippen LogP contribution in [0.2, 0.25) is 0 Å². The van der Waals surface area contributed by atoms with Crippen molar-refractivity contribution in [1.29, 1.82) is 0 Å². The Morgan fingerprint density at radius 2 is 1.83 bits per heavy atom. The molecule has 3 aromatic rings. The zero-order valence-electron chi connectivity index (χ0n) is 12.6. The predicted molar refractivity (Wildman–Crippen MR) is 99.8 cm³/mol. The standard InChI is InChI=1S/C19H13NO2S2/c21-18-17(10-13-8-9-23-12-13)24-19(22)20(18)11-15-6-3-5-14-4-1-2-7-16(14)15/h1-10,12H,11H2/b17-10+. The summed E-state index contributed by atoms with van der Waals surface area (Å²) in [5, 5.41) is 5.87. The quantitative estimate of drug-likeness (QED) is 0.613. The Morgan fingerprint density at radius 3 is 2.67 bits per heavy atom. The van der Waals surface area contributed by atoms with Crippen molar-refractivity contribution in [2.45, 2.75) is 6.54 Å². The van der Waals surface area contributed by atoms with Crippen molar-refractivity contribution in [2.24, 2.45) is 0 Å². The topological polar surface area (TPSA) is 37.4 Å². The SMILES string of the molecule is O=C1S/C(=C/c2ccsc2)C(=O)N1Cc1cccc2ccccc12. The van der Waals surface area contributed by atoms with Crippen LogP contribution in [-0.4, -0.2) is 16.0 Å². The molecular weight excluding hydrogens is 338 g/mol. The highest BCUT2D eigenvalue weighted by atomic mass is 32.2. The van der Waals surface area contributed by atoms with Crippen LogP contribution in [0.5, 0.6) is 0 Å². The van der Waals surface area contributed by atoms with Gasteiger partial charge in [0.05, 0.1) is 11.4 Å². The molecule has 0 bridgehead atoms. The fourth-order valence-corrected chi connectivity index (χ4v) is 4.20. The van der Waals surface area contributed by atoms with Crippen LogP contribution < -0.4 is 0 Å². The zero-order valence-corrected chi connectivity index (χ0v) is 14.3. The zero-order chi connectivity index (χ0) is 16.5. The summed E-state index contributed by atoms with van der Waals surface area (Å²) < 4.78 is 0. The van der Waals surface area contributed by atoms with Gasteiger partial charge in [-0.3, -0.25) is 14.5 Å². The van der Waals surface area contributed by atoms with Crippen LogP contribution in [0.1, 0.15) is 11.1 Å². The van der Waals surface area contributed by atoms with Crippen LogP contribution in [0.25, 0.3) is 16.8 Å². The highest BCUT2D eigenvalue weighted by Gasteiger charge is 2.35. The Hall–Kier alpha value is -2.37. The highest BCUT2D eigenvalue weighted by molar-refractivity contribution is 8.18. The van der Waals surface area contributed by atoms with Crippen LogP contribution in [-0.2, 0) is 11.3 Å². The second-order valence-electron chi connectivity index (χ2n) is 5.46. The molecule has 0 spiro atoms. The van der Waals surface area contributed by atoms with Gasteiger partial charge in [-0.25, -0.2) is 0 Å². The maximum atomic E-state index is 12.6. The molecule has 1 aliphatic heterocycles. The van der Waals surface area contributed by atoms with E-state index in [1.165, 1.54) is 4.90 Å². The van der Waals surface area contributed by atoms with Gasteiger partial charge in [-0.05, 0) is 56.6 Å². The molecule has 1 aliphatic rings. The first-order valence-electron chi connectivity index (χ1n) is 7.46. The monoisotopic (exact) mass is 351 g/mol. The fraction of sp³-hybridized carbons (Fsp3) is 0.0526. The van der Waals surface area contributed by atoms with E-state index in [1.54, 1.807) is 17.4 Å². The summed E-state index contributed by atoms with van der Waals surface area (Å²) in [6.45, 7) is 0.299. The van der Waals surface area contributed by atoms with Gasteiger partial charge < -0.3 is 0 Å². The molecule has 2 amide bonds. The van der Waals surface area contributed by atoms with E-state index in [-0.39, 0.29) is 11.1 Å². The molecule has 3 nitrogen and oxygen atoms in total. The Labute approximate surface area is 147 Å². The second kappa shape index (κ2) is 6.26. The summed E-state index contributed by atoms with van der Waals surface area (Å²) in [4.78, 5) is 26.7. The molecule has 0 saturated carbocycles. The van der Waals surface area contributed by atoms with E-state index in [4.69, 9.17) is 0 Å². The molecule has 0 aliphatic carbocycles. The number of carbonyl (C=O) groups excluding carboxylic acids is 2. The van der Waals surface area contributed by atoms with Crippen molar-refractivity contribution >= 4 is 51.1 Å². The minimum Gasteiger partial charge on any atom is -0.268 e. The minimum absolute atomic E-state index is 0.214. The lowest BCUT2D eigenvalue weighted by molar-refractivity contribution is -0.123.